The van der Waals surface area contributed by atoms with E-state index in [9.17, 15) is 0 Å². The summed E-state index contributed by atoms with van der Waals surface area (Å²) in [5.74, 6) is 28.4. The van der Waals surface area contributed by atoms with Gasteiger partial charge in [-0.05, 0) is 91.6 Å². The summed E-state index contributed by atoms with van der Waals surface area (Å²) in [6.45, 7) is 0. The maximum atomic E-state index is 3.62. The molecule has 0 aromatic heterocycles. The van der Waals surface area contributed by atoms with Crippen molar-refractivity contribution in [3.8, 4) is 47.4 Å². The topological polar surface area (TPSA) is 0 Å². The summed E-state index contributed by atoms with van der Waals surface area (Å²) in [6.07, 6.45) is 0. The minimum absolute atomic E-state index is 0.946. The van der Waals surface area contributed by atoms with Crippen LogP contribution in [-0.4, -0.2) is 0 Å². The molecule has 0 aliphatic carbocycles. The van der Waals surface area contributed by atoms with Crippen molar-refractivity contribution in [3.63, 3.8) is 0 Å². The average Bonchev–Trinajstić information content (AvgIpc) is 3.57. The normalized spacial score (nSPS) is 10.8. The van der Waals surface area contributed by atoms with Crippen LogP contribution in [0.15, 0.2) is 158 Å². The van der Waals surface area contributed by atoms with E-state index >= 15 is 0 Å². The number of benzene rings is 9. The molecule has 0 amide bonds. The highest BCUT2D eigenvalue weighted by Crippen LogP contribution is 2.51. The molecule has 0 heterocycles. The molecule has 0 atom stereocenters. The molecule has 10 aromatic carbocycles. The summed E-state index contributed by atoms with van der Waals surface area (Å²) in [6, 6.07) is 54.2. The van der Waals surface area contributed by atoms with Crippen LogP contribution in [0.5, 0.6) is 0 Å². The Hall–Kier alpha value is -7.48. The van der Waals surface area contributed by atoms with Crippen LogP contribution in [0.4, 0.5) is 0 Å². The molecule has 0 saturated carbocycles. The van der Waals surface area contributed by atoms with Crippen LogP contribution < -0.4 is 0 Å². The van der Waals surface area contributed by atoms with E-state index in [2.05, 4.69) is 132 Å². The Balaban J connectivity index is 1.36. The average molecular weight is 651 g/mol. The smallest absolute Gasteiger partial charge is 0.0490 e. The minimum atomic E-state index is 0.946. The van der Waals surface area contributed by atoms with Gasteiger partial charge < -0.3 is 0 Å². The van der Waals surface area contributed by atoms with E-state index in [1.165, 1.54) is 32.3 Å². The number of hydrogen-bond donors (Lipinski definition) is 0. The van der Waals surface area contributed by atoms with Crippen LogP contribution in [0.25, 0.3) is 53.9 Å². The fourth-order valence-corrected chi connectivity index (χ4v) is 7.58. The molecule has 52 heavy (non-hydrogen) atoms. The molecule has 0 spiro atoms. The van der Waals surface area contributed by atoms with Gasteiger partial charge in [0.15, 0.2) is 0 Å². The van der Waals surface area contributed by atoms with E-state index in [0.717, 1.165) is 66.1 Å². The highest BCUT2D eigenvalue weighted by molar-refractivity contribution is 6.46. The zero-order valence-electron chi connectivity index (χ0n) is 28.0. The second-order valence-corrected chi connectivity index (χ2v) is 12.9. The molecule has 10 rings (SSSR count). The van der Waals surface area contributed by atoms with Crippen molar-refractivity contribution in [2.75, 3.05) is 0 Å². The van der Waals surface area contributed by atoms with Gasteiger partial charge in [-0.1, -0.05) is 157 Å². The van der Waals surface area contributed by atoms with E-state index < -0.39 is 0 Å². The van der Waals surface area contributed by atoms with Crippen LogP contribution in [0.3, 0.4) is 0 Å². The quantitative estimate of drug-likeness (QED) is 0.113. The van der Waals surface area contributed by atoms with Crippen molar-refractivity contribution in [2.24, 2.45) is 0 Å². The second-order valence-electron chi connectivity index (χ2n) is 12.9. The van der Waals surface area contributed by atoms with Crippen LogP contribution in [0.2, 0.25) is 0 Å². The van der Waals surface area contributed by atoms with Gasteiger partial charge in [-0.3, -0.25) is 0 Å². The largest absolute Gasteiger partial charge is 0.0622 e. The van der Waals surface area contributed by atoms with Gasteiger partial charge >= 0.3 is 0 Å². The highest BCUT2D eigenvalue weighted by atomic mass is 14.3. The standard InChI is InChI=1S/C52H26/c1-5-13-35(14-6-1)21-27-40-42(29-23-37-17-9-3-10-18-37)46-33-34-47-43(30-24-38-19-11-4-12-20-38)41(28-22-36-15-7-2-8-16-36)45-32-26-39-25-31-44(40)49-48(39)50(45)52(47)51(46)49/h1-20,25-26,31-34H. The molecule has 0 aliphatic heterocycles. The minimum Gasteiger partial charge on any atom is -0.0622 e. The van der Waals surface area contributed by atoms with E-state index in [-0.39, 0.29) is 0 Å². The van der Waals surface area contributed by atoms with Crippen molar-refractivity contribution in [1.82, 2.24) is 0 Å². The Morgan fingerprint density at radius 1 is 0.212 bits per heavy atom. The fraction of sp³-hybridized carbons (Fsp3) is 0. The summed E-state index contributed by atoms with van der Waals surface area (Å²) < 4.78 is 0. The third-order valence-corrected chi connectivity index (χ3v) is 9.89. The van der Waals surface area contributed by atoms with E-state index in [4.69, 9.17) is 0 Å². The first-order valence-electron chi connectivity index (χ1n) is 17.4. The zero-order chi connectivity index (χ0) is 34.4. The van der Waals surface area contributed by atoms with E-state index in [1.54, 1.807) is 0 Å². The second kappa shape index (κ2) is 12.1. The third kappa shape index (κ3) is 4.80. The van der Waals surface area contributed by atoms with Crippen LogP contribution in [0.1, 0.15) is 44.5 Å². The Labute approximate surface area is 302 Å². The summed E-state index contributed by atoms with van der Waals surface area (Å²) >= 11 is 0. The zero-order valence-corrected chi connectivity index (χ0v) is 28.0. The third-order valence-electron chi connectivity index (χ3n) is 9.89. The molecule has 0 radical (unpaired) electrons. The van der Waals surface area contributed by atoms with Crippen molar-refractivity contribution >= 4 is 53.9 Å². The lowest BCUT2D eigenvalue weighted by Crippen LogP contribution is -1.93. The summed E-state index contributed by atoms with van der Waals surface area (Å²) in [7, 11) is 0. The van der Waals surface area contributed by atoms with Gasteiger partial charge in [0.2, 0.25) is 0 Å². The van der Waals surface area contributed by atoms with E-state index in [0.29, 0.717) is 0 Å². The molecule has 0 aliphatic rings. The molecule has 234 valence electrons. The lowest BCUT2D eigenvalue weighted by molar-refractivity contribution is 1.63. The van der Waals surface area contributed by atoms with Gasteiger partial charge in [0.05, 0.1) is 0 Å². The molecule has 0 fully saturated rings. The molecular formula is C52H26. The first-order valence-corrected chi connectivity index (χ1v) is 17.4. The first-order chi connectivity index (χ1) is 25.8. The fourth-order valence-electron chi connectivity index (χ4n) is 7.58. The van der Waals surface area contributed by atoms with Crippen molar-refractivity contribution < 1.29 is 0 Å². The first kappa shape index (κ1) is 29.4. The summed E-state index contributed by atoms with van der Waals surface area (Å²) in [4.78, 5) is 0. The van der Waals surface area contributed by atoms with Crippen LogP contribution in [-0.2, 0) is 0 Å². The van der Waals surface area contributed by atoms with Crippen molar-refractivity contribution in [3.05, 3.63) is 202 Å². The number of hydrogen-bond acceptors (Lipinski definition) is 0. The molecule has 10 aromatic rings. The Kier molecular flexibility index (Phi) is 6.87. The molecule has 0 N–H and O–H groups in total. The lowest BCUT2D eigenvalue weighted by atomic mass is 9.89. The maximum Gasteiger partial charge on any atom is 0.0490 e. The molecule has 0 nitrogen and oxygen atoms in total. The van der Waals surface area contributed by atoms with Crippen LogP contribution >= 0.6 is 0 Å². The Bertz CT molecular complexity index is 2980. The molecular weight excluding hydrogens is 625 g/mol. The number of rotatable bonds is 0. The summed E-state index contributed by atoms with van der Waals surface area (Å²) in [5, 5.41) is 11.8. The van der Waals surface area contributed by atoms with Gasteiger partial charge in [-0.25, -0.2) is 0 Å². The molecule has 0 bridgehead atoms. The summed E-state index contributed by atoms with van der Waals surface area (Å²) in [5.41, 5.74) is 7.67. The van der Waals surface area contributed by atoms with Crippen LogP contribution in [0, 0.1) is 47.4 Å². The Morgan fingerprint density at radius 3 is 0.750 bits per heavy atom. The lowest BCUT2D eigenvalue weighted by Gasteiger charge is -2.12. The monoisotopic (exact) mass is 650 g/mol. The van der Waals surface area contributed by atoms with Gasteiger partial charge in [0.25, 0.3) is 0 Å². The predicted octanol–water partition coefficient (Wildman–Crippen LogP) is 11.4. The van der Waals surface area contributed by atoms with Gasteiger partial charge in [0, 0.05) is 55.3 Å². The molecule has 0 unspecified atom stereocenters. The Morgan fingerprint density at radius 2 is 0.462 bits per heavy atom. The highest BCUT2D eigenvalue weighted by Gasteiger charge is 2.26. The van der Waals surface area contributed by atoms with Gasteiger partial charge in [-0.2, -0.15) is 0 Å². The van der Waals surface area contributed by atoms with Crippen molar-refractivity contribution in [1.29, 1.82) is 0 Å². The van der Waals surface area contributed by atoms with Gasteiger partial charge in [-0.15, -0.1) is 0 Å². The predicted molar refractivity (Wildman–Crippen MR) is 217 cm³/mol. The van der Waals surface area contributed by atoms with Gasteiger partial charge in [0.1, 0.15) is 0 Å². The van der Waals surface area contributed by atoms with E-state index in [1.807, 2.05) is 72.8 Å². The molecule has 0 saturated heterocycles. The maximum absolute atomic E-state index is 3.62. The SMILES string of the molecule is C(#Cc1c(C#Cc2ccccc2)c2ccc3c(C#Cc4ccccc4)c(C#Cc4ccccc4)c4ccc5ccc1c1c5c4c3c21)c1ccccc1. The molecule has 0 heteroatoms. The van der Waals surface area contributed by atoms with Crippen molar-refractivity contribution in [2.45, 2.75) is 0 Å².